The van der Waals surface area contributed by atoms with Gasteiger partial charge in [-0.2, -0.15) is 0 Å². The first-order chi connectivity index (χ1) is 13.8. The molecule has 1 amide bonds. The van der Waals surface area contributed by atoms with Crippen LogP contribution in [-0.2, 0) is 19.6 Å². The molecule has 3 rings (SSSR count). The number of benzene rings is 1. The molecule has 1 aliphatic heterocycles. The maximum atomic E-state index is 12.4. The summed E-state index contributed by atoms with van der Waals surface area (Å²) < 4.78 is 37.2. The van der Waals surface area contributed by atoms with E-state index in [0.717, 1.165) is 6.42 Å². The number of carbonyl (C=O) groups is 2. The van der Waals surface area contributed by atoms with Crippen LogP contribution in [0.1, 0.15) is 34.7 Å². The number of aromatic nitrogens is 1. The Hall–Kier alpha value is -3.21. The lowest BCUT2D eigenvalue weighted by Crippen LogP contribution is -2.29. The van der Waals surface area contributed by atoms with Gasteiger partial charge in [0, 0.05) is 18.7 Å². The third-order valence-electron chi connectivity index (χ3n) is 4.13. The van der Waals surface area contributed by atoms with E-state index in [9.17, 15) is 18.0 Å². The molecule has 2 aromatic rings. The minimum Gasteiger partial charge on any atom is -0.452 e. The highest BCUT2D eigenvalue weighted by Gasteiger charge is 2.21. The first kappa shape index (κ1) is 20.5. The number of ether oxygens (including phenoxy) is 1. The van der Waals surface area contributed by atoms with Crippen LogP contribution in [0, 0.1) is 13.8 Å². The van der Waals surface area contributed by atoms with Gasteiger partial charge in [0.1, 0.15) is 17.2 Å². The third kappa shape index (κ3) is 4.99. The number of anilines is 1. The summed E-state index contributed by atoms with van der Waals surface area (Å²) in [5.74, 6) is -0.627. The van der Waals surface area contributed by atoms with Crippen molar-refractivity contribution >= 4 is 33.4 Å². The molecule has 1 aromatic heterocycles. The van der Waals surface area contributed by atoms with Crippen LogP contribution in [0.4, 0.5) is 5.69 Å². The predicted molar refractivity (Wildman–Crippen MR) is 103 cm³/mol. The molecule has 0 bridgehead atoms. The molecule has 10 nitrogen and oxygen atoms in total. The van der Waals surface area contributed by atoms with Crippen LogP contribution in [0.5, 0.6) is 0 Å². The number of sulfonamides is 1. The number of aliphatic imine (C=N–C) groups is 1. The summed E-state index contributed by atoms with van der Waals surface area (Å²) in [7, 11) is -3.80. The smallest absolute Gasteiger partial charge is 0.344 e. The van der Waals surface area contributed by atoms with E-state index in [1.54, 1.807) is 13.8 Å². The van der Waals surface area contributed by atoms with Gasteiger partial charge in [-0.15, -0.1) is 0 Å². The molecule has 0 saturated heterocycles. The van der Waals surface area contributed by atoms with Crippen molar-refractivity contribution in [3.8, 4) is 0 Å². The van der Waals surface area contributed by atoms with Crippen LogP contribution in [0.15, 0.2) is 38.7 Å². The van der Waals surface area contributed by atoms with Crippen LogP contribution in [0.25, 0.3) is 0 Å². The van der Waals surface area contributed by atoms with Gasteiger partial charge < -0.3 is 14.6 Å². The fourth-order valence-corrected chi connectivity index (χ4v) is 3.89. The average molecular weight is 420 g/mol. The van der Waals surface area contributed by atoms with Gasteiger partial charge >= 0.3 is 5.97 Å². The summed E-state index contributed by atoms with van der Waals surface area (Å²) in [6.45, 7) is 3.20. The van der Waals surface area contributed by atoms with E-state index in [1.165, 1.54) is 24.3 Å². The Balaban J connectivity index is 1.61. The van der Waals surface area contributed by atoms with Crippen molar-refractivity contribution in [2.75, 3.05) is 18.5 Å². The fourth-order valence-electron chi connectivity index (χ4n) is 2.75. The van der Waals surface area contributed by atoms with Crippen molar-refractivity contribution in [1.82, 2.24) is 9.88 Å². The largest absolute Gasteiger partial charge is 0.452 e. The SMILES string of the molecule is Cc1noc(C)c1C(=O)OCC(=O)Nc1cccc(S(=O)(=O)NC2=NCCC2)c1. The lowest BCUT2D eigenvalue weighted by Gasteiger charge is -2.10. The molecule has 0 unspecified atom stereocenters. The highest BCUT2D eigenvalue weighted by Crippen LogP contribution is 2.17. The summed E-state index contributed by atoms with van der Waals surface area (Å²) in [6.07, 6.45) is 1.38. The number of amides is 1. The molecule has 29 heavy (non-hydrogen) atoms. The summed E-state index contributed by atoms with van der Waals surface area (Å²) in [6, 6.07) is 5.74. The number of hydrogen-bond donors (Lipinski definition) is 2. The van der Waals surface area contributed by atoms with Gasteiger partial charge in [-0.1, -0.05) is 11.2 Å². The van der Waals surface area contributed by atoms with Gasteiger partial charge in [0.05, 0.1) is 10.6 Å². The second-order valence-corrected chi connectivity index (χ2v) is 8.07. The van der Waals surface area contributed by atoms with E-state index >= 15 is 0 Å². The molecule has 0 atom stereocenters. The zero-order valence-electron chi connectivity index (χ0n) is 15.9. The van der Waals surface area contributed by atoms with E-state index in [4.69, 9.17) is 9.26 Å². The minimum atomic E-state index is -3.80. The maximum absolute atomic E-state index is 12.4. The molecule has 0 spiro atoms. The Kier molecular flexibility index (Phi) is 5.97. The number of esters is 1. The zero-order chi connectivity index (χ0) is 21.0. The summed E-state index contributed by atoms with van der Waals surface area (Å²) in [4.78, 5) is 28.2. The quantitative estimate of drug-likeness (QED) is 0.676. The van der Waals surface area contributed by atoms with E-state index < -0.39 is 28.5 Å². The number of aryl methyl sites for hydroxylation is 2. The average Bonchev–Trinajstić information content (AvgIpc) is 3.29. The zero-order valence-corrected chi connectivity index (χ0v) is 16.7. The summed E-state index contributed by atoms with van der Waals surface area (Å²) >= 11 is 0. The Morgan fingerprint density at radius 3 is 2.72 bits per heavy atom. The molecule has 2 N–H and O–H groups in total. The molecule has 0 aliphatic carbocycles. The van der Waals surface area contributed by atoms with Crippen LogP contribution in [0.3, 0.4) is 0 Å². The first-order valence-electron chi connectivity index (χ1n) is 8.82. The Morgan fingerprint density at radius 1 is 1.28 bits per heavy atom. The standard InChI is InChI=1S/C18H20N4O6S/c1-11-17(12(2)28-21-11)18(24)27-10-16(23)20-13-5-3-6-14(9-13)29(25,26)22-15-7-4-8-19-15/h3,5-6,9H,4,7-8,10H2,1-2H3,(H,19,22)(H,20,23). The second-order valence-electron chi connectivity index (χ2n) is 6.39. The van der Waals surface area contributed by atoms with Crippen molar-refractivity contribution in [1.29, 1.82) is 0 Å². The Labute approximate surface area is 167 Å². The van der Waals surface area contributed by atoms with Crippen molar-refractivity contribution in [3.05, 3.63) is 41.3 Å². The normalized spacial score (nSPS) is 13.7. The van der Waals surface area contributed by atoms with E-state index in [1.807, 2.05) is 0 Å². The second kappa shape index (κ2) is 8.43. The molecule has 11 heteroatoms. The molecule has 154 valence electrons. The molecule has 1 aliphatic rings. The third-order valence-corrected chi connectivity index (χ3v) is 5.51. The Morgan fingerprint density at radius 2 is 2.07 bits per heavy atom. The van der Waals surface area contributed by atoms with E-state index in [2.05, 4.69) is 20.2 Å². The van der Waals surface area contributed by atoms with Crippen molar-refractivity contribution in [2.24, 2.45) is 4.99 Å². The van der Waals surface area contributed by atoms with Crippen molar-refractivity contribution < 1.29 is 27.3 Å². The van der Waals surface area contributed by atoms with E-state index in [0.29, 0.717) is 30.3 Å². The minimum absolute atomic E-state index is 0.0161. The lowest BCUT2D eigenvalue weighted by atomic mass is 10.2. The molecule has 0 fully saturated rings. The van der Waals surface area contributed by atoms with Crippen molar-refractivity contribution in [3.63, 3.8) is 0 Å². The summed E-state index contributed by atoms with van der Waals surface area (Å²) in [5.41, 5.74) is 0.789. The number of amidine groups is 1. The molecule has 1 aromatic carbocycles. The molecular weight excluding hydrogens is 400 g/mol. The number of nitrogens with zero attached hydrogens (tertiary/aromatic N) is 2. The van der Waals surface area contributed by atoms with Gasteiger partial charge in [0.2, 0.25) is 0 Å². The molecular formula is C18H20N4O6S. The topological polar surface area (TPSA) is 140 Å². The number of rotatable bonds is 6. The molecule has 0 radical (unpaired) electrons. The van der Waals surface area contributed by atoms with Gasteiger partial charge in [-0.25, -0.2) is 13.2 Å². The lowest BCUT2D eigenvalue weighted by molar-refractivity contribution is -0.119. The maximum Gasteiger partial charge on any atom is 0.344 e. The number of hydrogen-bond acceptors (Lipinski definition) is 8. The fraction of sp³-hybridized carbons (Fsp3) is 0.333. The van der Waals surface area contributed by atoms with Crippen LogP contribution in [-0.4, -0.2) is 44.4 Å². The highest BCUT2D eigenvalue weighted by atomic mass is 32.2. The van der Waals surface area contributed by atoms with E-state index in [-0.39, 0.29) is 16.1 Å². The molecule has 0 saturated carbocycles. The van der Waals surface area contributed by atoms with Gasteiger partial charge in [0.25, 0.3) is 15.9 Å². The predicted octanol–water partition coefficient (Wildman–Crippen LogP) is 1.56. The van der Waals surface area contributed by atoms with Crippen molar-refractivity contribution in [2.45, 2.75) is 31.6 Å². The highest BCUT2D eigenvalue weighted by molar-refractivity contribution is 7.90. The van der Waals surface area contributed by atoms with Gasteiger partial charge in [0.15, 0.2) is 6.61 Å². The van der Waals surface area contributed by atoms with Crippen LogP contribution in [0.2, 0.25) is 0 Å². The summed E-state index contributed by atoms with van der Waals surface area (Å²) in [5, 5.41) is 6.15. The van der Waals surface area contributed by atoms with Crippen LogP contribution >= 0.6 is 0 Å². The molecule has 2 heterocycles. The van der Waals surface area contributed by atoms with Gasteiger partial charge in [-0.3, -0.25) is 14.5 Å². The first-order valence-corrected chi connectivity index (χ1v) is 10.3. The van der Waals surface area contributed by atoms with Crippen LogP contribution < -0.4 is 10.0 Å². The Bertz CT molecular complexity index is 1050. The monoisotopic (exact) mass is 420 g/mol. The van der Waals surface area contributed by atoms with Gasteiger partial charge in [-0.05, 0) is 38.5 Å². The number of carbonyl (C=O) groups excluding carboxylic acids is 2. The number of nitrogens with one attached hydrogen (secondary N) is 2.